The zero-order valence-electron chi connectivity index (χ0n) is 13.9. The minimum atomic E-state index is -1.87. The molecule has 4 heteroatoms. The number of ether oxygens (including phenoxy) is 1. The third kappa shape index (κ3) is 4.51. The lowest BCUT2D eigenvalue weighted by molar-refractivity contribution is -0.139. The first-order valence-corrected chi connectivity index (χ1v) is 10.2. The minimum Gasteiger partial charge on any atom is -0.543 e. The number of allylic oxidation sites excluding steroid dienone is 2. The van der Waals surface area contributed by atoms with Crippen LogP contribution in [0.5, 0.6) is 0 Å². The molecule has 1 aliphatic rings. The predicted molar refractivity (Wildman–Crippen MR) is 84.9 cm³/mol. The maximum absolute atomic E-state index is 11.0. The number of carbonyl (C=O) groups excluding carboxylic acids is 1. The summed E-state index contributed by atoms with van der Waals surface area (Å²) in [6, 6.07) is 0. The molecule has 0 bridgehead atoms. The molecule has 0 amide bonds. The Morgan fingerprint density at radius 3 is 2.50 bits per heavy atom. The van der Waals surface area contributed by atoms with E-state index in [1.54, 1.807) is 0 Å². The van der Waals surface area contributed by atoms with E-state index in [-0.39, 0.29) is 11.0 Å². The van der Waals surface area contributed by atoms with E-state index in [9.17, 15) is 4.79 Å². The van der Waals surface area contributed by atoms with Gasteiger partial charge in [0.2, 0.25) is 8.32 Å². The number of rotatable bonds is 4. The molecule has 1 rings (SSSR count). The van der Waals surface area contributed by atoms with E-state index in [1.165, 1.54) is 6.92 Å². The van der Waals surface area contributed by atoms with Crippen molar-refractivity contribution in [3.05, 3.63) is 23.5 Å². The first kappa shape index (κ1) is 17.0. The van der Waals surface area contributed by atoms with Gasteiger partial charge in [0.25, 0.3) is 0 Å². The van der Waals surface area contributed by atoms with Gasteiger partial charge in [-0.2, -0.15) is 0 Å². The highest BCUT2D eigenvalue weighted by molar-refractivity contribution is 6.74. The molecular weight excluding hydrogens is 268 g/mol. The van der Waals surface area contributed by atoms with E-state index in [1.807, 2.05) is 0 Å². The molecule has 0 saturated heterocycles. The zero-order chi connectivity index (χ0) is 15.6. The summed E-state index contributed by atoms with van der Waals surface area (Å²) in [6.07, 6.45) is 5.27. The van der Waals surface area contributed by atoms with Crippen LogP contribution in [0.3, 0.4) is 0 Å². The summed E-state index contributed by atoms with van der Waals surface area (Å²) in [5, 5.41) is 0.154. The van der Waals surface area contributed by atoms with Crippen molar-refractivity contribution in [1.82, 2.24) is 0 Å². The molecule has 0 heterocycles. The zero-order valence-corrected chi connectivity index (χ0v) is 14.9. The summed E-state index contributed by atoms with van der Waals surface area (Å²) in [5.41, 5.74) is 1.00. The SMILES string of the molecule is CC(=O)OCC1=CC[C@@H](C)C=C1O[Si](C)(C)C(C)(C)C. The lowest BCUT2D eigenvalue weighted by Gasteiger charge is -2.38. The van der Waals surface area contributed by atoms with Crippen molar-refractivity contribution in [3.8, 4) is 0 Å². The number of esters is 1. The van der Waals surface area contributed by atoms with Gasteiger partial charge in [0.15, 0.2) is 0 Å². The lowest BCUT2D eigenvalue weighted by Crippen LogP contribution is -2.41. The first-order chi connectivity index (χ1) is 9.03. The normalized spacial score (nSPS) is 20.1. The topological polar surface area (TPSA) is 35.5 Å². The molecule has 0 aromatic carbocycles. The van der Waals surface area contributed by atoms with Crippen LogP contribution in [0.4, 0.5) is 0 Å². The van der Waals surface area contributed by atoms with Crippen LogP contribution < -0.4 is 0 Å². The second-order valence-corrected chi connectivity index (χ2v) is 11.8. The number of hydrogen-bond acceptors (Lipinski definition) is 3. The number of hydrogen-bond donors (Lipinski definition) is 0. The highest BCUT2D eigenvalue weighted by Crippen LogP contribution is 2.39. The Bertz CT molecular complexity index is 427. The maximum Gasteiger partial charge on any atom is 0.302 e. The summed E-state index contributed by atoms with van der Waals surface area (Å²) in [4.78, 5) is 11.0. The Kier molecular flexibility index (Phi) is 5.25. The summed E-state index contributed by atoms with van der Waals surface area (Å²) in [7, 11) is -1.87. The summed E-state index contributed by atoms with van der Waals surface area (Å²) < 4.78 is 11.5. The Morgan fingerprint density at radius 2 is 2.00 bits per heavy atom. The maximum atomic E-state index is 11.0. The highest BCUT2D eigenvalue weighted by atomic mass is 28.4. The quantitative estimate of drug-likeness (QED) is 0.569. The van der Waals surface area contributed by atoms with Gasteiger partial charge < -0.3 is 9.16 Å². The Hall–Kier alpha value is -1.03. The van der Waals surface area contributed by atoms with Crippen molar-refractivity contribution < 1.29 is 14.0 Å². The number of carbonyl (C=O) groups is 1. The molecule has 0 aromatic rings. The van der Waals surface area contributed by atoms with E-state index in [2.05, 4.69) is 52.9 Å². The molecule has 0 saturated carbocycles. The highest BCUT2D eigenvalue weighted by Gasteiger charge is 2.40. The molecule has 0 radical (unpaired) electrons. The molecular formula is C16H28O3Si. The van der Waals surface area contributed by atoms with Crippen LogP contribution in [0, 0.1) is 5.92 Å². The fraction of sp³-hybridized carbons (Fsp3) is 0.688. The molecule has 114 valence electrons. The van der Waals surface area contributed by atoms with Crippen molar-refractivity contribution in [1.29, 1.82) is 0 Å². The predicted octanol–water partition coefficient (Wildman–Crippen LogP) is 4.42. The monoisotopic (exact) mass is 296 g/mol. The Morgan fingerprint density at radius 1 is 1.40 bits per heavy atom. The van der Waals surface area contributed by atoms with Gasteiger partial charge in [0.05, 0.1) is 0 Å². The van der Waals surface area contributed by atoms with E-state index < -0.39 is 8.32 Å². The average Bonchev–Trinajstić information content (AvgIpc) is 2.25. The van der Waals surface area contributed by atoms with Crippen LogP contribution >= 0.6 is 0 Å². The molecule has 1 aliphatic carbocycles. The molecule has 20 heavy (non-hydrogen) atoms. The largest absolute Gasteiger partial charge is 0.543 e. The standard InChI is InChI=1S/C16H28O3Si/c1-12-8-9-14(11-18-13(2)17)15(10-12)19-20(6,7)16(3,4)5/h9-10,12H,8,11H2,1-7H3/t12-/m1/s1. The fourth-order valence-corrected chi connectivity index (χ4v) is 2.75. The molecule has 1 atom stereocenters. The summed E-state index contributed by atoms with van der Waals surface area (Å²) >= 11 is 0. The third-order valence-electron chi connectivity index (χ3n) is 4.09. The van der Waals surface area contributed by atoms with Crippen LogP contribution in [0.15, 0.2) is 23.5 Å². The minimum absolute atomic E-state index is 0.154. The van der Waals surface area contributed by atoms with Crippen molar-refractivity contribution in [2.75, 3.05) is 6.61 Å². The van der Waals surface area contributed by atoms with E-state index in [4.69, 9.17) is 9.16 Å². The Labute approximate surface area is 124 Å². The van der Waals surface area contributed by atoms with Gasteiger partial charge in [-0.05, 0) is 36.5 Å². The van der Waals surface area contributed by atoms with Gasteiger partial charge in [-0.3, -0.25) is 4.79 Å². The van der Waals surface area contributed by atoms with Crippen molar-refractivity contribution >= 4 is 14.3 Å². The fourth-order valence-electron chi connectivity index (χ4n) is 1.70. The van der Waals surface area contributed by atoms with Crippen LogP contribution in [0.2, 0.25) is 18.1 Å². The Balaban J connectivity index is 2.88. The molecule has 0 unspecified atom stereocenters. The smallest absolute Gasteiger partial charge is 0.302 e. The van der Waals surface area contributed by atoms with Gasteiger partial charge in [-0.1, -0.05) is 33.8 Å². The van der Waals surface area contributed by atoms with Crippen LogP contribution in [-0.2, 0) is 14.0 Å². The molecule has 0 aromatic heterocycles. The van der Waals surface area contributed by atoms with Crippen LogP contribution in [0.1, 0.15) is 41.0 Å². The van der Waals surface area contributed by atoms with E-state index in [0.29, 0.717) is 12.5 Å². The second-order valence-electron chi connectivity index (χ2n) is 7.12. The lowest BCUT2D eigenvalue weighted by atomic mass is 9.97. The van der Waals surface area contributed by atoms with E-state index in [0.717, 1.165) is 17.8 Å². The van der Waals surface area contributed by atoms with Gasteiger partial charge in [0.1, 0.15) is 12.4 Å². The van der Waals surface area contributed by atoms with Crippen LogP contribution in [0.25, 0.3) is 0 Å². The van der Waals surface area contributed by atoms with Gasteiger partial charge >= 0.3 is 5.97 Å². The second kappa shape index (κ2) is 6.16. The first-order valence-electron chi connectivity index (χ1n) is 7.26. The molecule has 0 aliphatic heterocycles. The van der Waals surface area contributed by atoms with Gasteiger partial charge in [0, 0.05) is 12.5 Å². The molecule has 3 nitrogen and oxygen atoms in total. The molecule has 0 fully saturated rings. The van der Waals surface area contributed by atoms with Crippen molar-refractivity contribution in [2.45, 2.75) is 59.2 Å². The molecule has 0 spiro atoms. The van der Waals surface area contributed by atoms with E-state index >= 15 is 0 Å². The van der Waals surface area contributed by atoms with Gasteiger partial charge in [-0.15, -0.1) is 0 Å². The van der Waals surface area contributed by atoms with Crippen molar-refractivity contribution in [2.24, 2.45) is 5.92 Å². The third-order valence-corrected chi connectivity index (χ3v) is 8.43. The summed E-state index contributed by atoms with van der Waals surface area (Å²) in [5.74, 6) is 1.13. The molecule has 0 N–H and O–H groups in total. The van der Waals surface area contributed by atoms with Crippen LogP contribution in [-0.4, -0.2) is 20.9 Å². The average molecular weight is 296 g/mol. The summed E-state index contributed by atoms with van der Waals surface area (Å²) in [6.45, 7) is 15.1. The van der Waals surface area contributed by atoms with Crippen molar-refractivity contribution in [3.63, 3.8) is 0 Å². The van der Waals surface area contributed by atoms with Gasteiger partial charge in [-0.25, -0.2) is 0 Å².